The molecule has 2 nitrogen and oxygen atoms in total. The second kappa shape index (κ2) is 10.3. The van der Waals surface area contributed by atoms with Crippen LogP contribution in [0.5, 0.6) is 0 Å². The van der Waals surface area contributed by atoms with Gasteiger partial charge in [0.15, 0.2) is 5.11 Å². The summed E-state index contributed by atoms with van der Waals surface area (Å²) in [5, 5.41) is 8.06. The Labute approximate surface area is 137 Å². The van der Waals surface area contributed by atoms with Crippen LogP contribution in [0, 0.1) is 0 Å². The van der Waals surface area contributed by atoms with Crippen molar-refractivity contribution >= 4 is 46.2 Å². The number of benzene rings is 1. The van der Waals surface area contributed by atoms with E-state index in [2.05, 4.69) is 17.6 Å². The molecule has 112 valence electrons. The fraction of sp³-hybridized carbons (Fsp3) is 0.533. The lowest BCUT2D eigenvalue weighted by Crippen LogP contribution is -2.29. The maximum atomic E-state index is 6.07. The SMILES string of the molecule is CCCCCCCCNC(=S)Nc1ccc(Cl)cc1Cl. The standard InChI is InChI=1S/C15H22Cl2N2S/c1-2-3-4-5-6-7-10-18-15(20)19-14-9-8-12(16)11-13(14)17/h8-9,11H,2-7,10H2,1H3,(H2,18,19,20). The van der Waals surface area contributed by atoms with E-state index in [1.165, 1.54) is 32.1 Å². The molecule has 1 aromatic carbocycles. The van der Waals surface area contributed by atoms with E-state index >= 15 is 0 Å². The monoisotopic (exact) mass is 332 g/mol. The lowest BCUT2D eigenvalue weighted by Gasteiger charge is -2.11. The molecule has 0 spiro atoms. The van der Waals surface area contributed by atoms with Gasteiger partial charge in [0.05, 0.1) is 10.7 Å². The number of nitrogens with one attached hydrogen (secondary N) is 2. The van der Waals surface area contributed by atoms with Crippen molar-refractivity contribution in [1.29, 1.82) is 0 Å². The molecule has 2 N–H and O–H groups in total. The zero-order valence-corrected chi connectivity index (χ0v) is 14.2. The van der Waals surface area contributed by atoms with Crippen molar-refractivity contribution in [3.63, 3.8) is 0 Å². The molecular formula is C15H22Cl2N2S. The van der Waals surface area contributed by atoms with Crippen LogP contribution in [0.2, 0.25) is 10.0 Å². The molecule has 0 unspecified atom stereocenters. The number of unbranched alkanes of at least 4 members (excludes halogenated alkanes) is 5. The van der Waals surface area contributed by atoms with Crippen LogP contribution in [0.4, 0.5) is 5.69 Å². The first-order chi connectivity index (χ1) is 9.63. The Hall–Kier alpha value is -0.510. The summed E-state index contributed by atoms with van der Waals surface area (Å²) in [6, 6.07) is 5.30. The van der Waals surface area contributed by atoms with Crippen LogP contribution < -0.4 is 10.6 Å². The van der Waals surface area contributed by atoms with E-state index in [0.717, 1.165) is 18.7 Å². The normalized spacial score (nSPS) is 10.3. The third kappa shape index (κ3) is 7.32. The van der Waals surface area contributed by atoms with Gasteiger partial charge in [0, 0.05) is 11.6 Å². The van der Waals surface area contributed by atoms with E-state index in [9.17, 15) is 0 Å². The highest BCUT2D eigenvalue weighted by Gasteiger charge is 2.03. The average molecular weight is 333 g/mol. The van der Waals surface area contributed by atoms with Crippen molar-refractivity contribution in [3.8, 4) is 0 Å². The van der Waals surface area contributed by atoms with Crippen molar-refractivity contribution in [3.05, 3.63) is 28.2 Å². The van der Waals surface area contributed by atoms with Gasteiger partial charge in [-0.1, -0.05) is 62.2 Å². The van der Waals surface area contributed by atoms with Gasteiger partial charge in [-0.2, -0.15) is 0 Å². The number of anilines is 1. The molecule has 20 heavy (non-hydrogen) atoms. The first kappa shape index (κ1) is 17.5. The maximum Gasteiger partial charge on any atom is 0.170 e. The molecule has 0 bridgehead atoms. The molecular weight excluding hydrogens is 311 g/mol. The molecule has 0 radical (unpaired) electrons. The maximum absolute atomic E-state index is 6.07. The first-order valence-electron chi connectivity index (χ1n) is 7.13. The fourth-order valence-electron chi connectivity index (χ4n) is 1.86. The summed E-state index contributed by atoms with van der Waals surface area (Å²) in [5.74, 6) is 0. The van der Waals surface area contributed by atoms with Gasteiger partial charge in [-0.25, -0.2) is 0 Å². The number of thiocarbonyl (C=S) groups is 1. The van der Waals surface area contributed by atoms with Gasteiger partial charge in [-0.3, -0.25) is 0 Å². The Bertz CT molecular complexity index is 424. The number of halogens is 2. The topological polar surface area (TPSA) is 24.1 Å². The minimum Gasteiger partial charge on any atom is -0.362 e. The Kier molecular flexibility index (Phi) is 8.99. The molecule has 0 amide bonds. The van der Waals surface area contributed by atoms with Gasteiger partial charge in [-0.05, 0) is 36.8 Å². The van der Waals surface area contributed by atoms with E-state index in [-0.39, 0.29) is 0 Å². The molecule has 0 saturated heterocycles. The Morgan fingerprint density at radius 2 is 1.80 bits per heavy atom. The highest BCUT2D eigenvalue weighted by Crippen LogP contribution is 2.25. The van der Waals surface area contributed by atoms with Crippen LogP contribution in [-0.2, 0) is 0 Å². The van der Waals surface area contributed by atoms with Crippen LogP contribution in [0.1, 0.15) is 45.4 Å². The quantitative estimate of drug-likeness (QED) is 0.475. The van der Waals surface area contributed by atoms with Crippen molar-refractivity contribution in [1.82, 2.24) is 5.32 Å². The van der Waals surface area contributed by atoms with E-state index in [1.54, 1.807) is 12.1 Å². The van der Waals surface area contributed by atoms with E-state index in [4.69, 9.17) is 35.4 Å². The van der Waals surface area contributed by atoms with Gasteiger partial charge >= 0.3 is 0 Å². The summed E-state index contributed by atoms with van der Waals surface area (Å²) < 4.78 is 0. The lowest BCUT2D eigenvalue weighted by atomic mass is 10.1. The number of hydrogen-bond donors (Lipinski definition) is 2. The predicted octanol–water partition coefficient (Wildman–Crippen LogP) is 5.64. The minimum absolute atomic E-state index is 0.571. The second-order valence-corrected chi connectivity index (χ2v) is 6.02. The Morgan fingerprint density at radius 3 is 2.50 bits per heavy atom. The van der Waals surface area contributed by atoms with E-state index in [0.29, 0.717) is 15.2 Å². The molecule has 0 aliphatic heterocycles. The summed E-state index contributed by atoms with van der Waals surface area (Å²) in [7, 11) is 0. The van der Waals surface area contributed by atoms with E-state index in [1.807, 2.05) is 6.07 Å². The third-order valence-corrected chi connectivity index (χ3v) is 3.79. The molecule has 1 rings (SSSR count). The van der Waals surface area contributed by atoms with Crippen LogP contribution in [-0.4, -0.2) is 11.7 Å². The van der Waals surface area contributed by atoms with Gasteiger partial charge in [-0.15, -0.1) is 0 Å². The molecule has 5 heteroatoms. The van der Waals surface area contributed by atoms with Crippen LogP contribution in [0.25, 0.3) is 0 Å². The summed E-state index contributed by atoms with van der Waals surface area (Å²) in [6.45, 7) is 3.12. The highest BCUT2D eigenvalue weighted by molar-refractivity contribution is 7.80. The van der Waals surface area contributed by atoms with Crippen molar-refractivity contribution in [2.45, 2.75) is 45.4 Å². The number of rotatable bonds is 8. The van der Waals surface area contributed by atoms with Gasteiger partial charge < -0.3 is 10.6 Å². The third-order valence-electron chi connectivity index (χ3n) is 3.00. The molecule has 0 saturated carbocycles. The minimum atomic E-state index is 0.571. The molecule has 0 atom stereocenters. The van der Waals surface area contributed by atoms with Crippen molar-refractivity contribution in [2.24, 2.45) is 0 Å². The van der Waals surface area contributed by atoms with Crippen LogP contribution >= 0.6 is 35.4 Å². The van der Waals surface area contributed by atoms with Gasteiger partial charge in [0.1, 0.15) is 0 Å². The fourth-order valence-corrected chi connectivity index (χ4v) is 2.53. The second-order valence-electron chi connectivity index (χ2n) is 4.77. The van der Waals surface area contributed by atoms with Crippen LogP contribution in [0.15, 0.2) is 18.2 Å². The van der Waals surface area contributed by atoms with Gasteiger partial charge in [0.25, 0.3) is 0 Å². The summed E-state index contributed by atoms with van der Waals surface area (Å²) in [6.07, 6.45) is 7.64. The van der Waals surface area contributed by atoms with Crippen molar-refractivity contribution in [2.75, 3.05) is 11.9 Å². The zero-order valence-electron chi connectivity index (χ0n) is 11.8. The molecule has 0 aliphatic rings. The van der Waals surface area contributed by atoms with Crippen molar-refractivity contribution < 1.29 is 0 Å². The number of hydrogen-bond acceptors (Lipinski definition) is 1. The summed E-state index contributed by atoms with van der Waals surface area (Å²) in [4.78, 5) is 0. The average Bonchev–Trinajstić information content (AvgIpc) is 2.41. The lowest BCUT2D eigenvalue weighted by molar-refractivity contribution is 0.603. The highest BCUT2D eigenvalue weighted by atomic mass is 35.5. The predicted molar refractivity (Wildman–Crippen MR) is 94.1 cm³/mol. The Balaban J connectivity index is 2.17. The largest absolute Gasteiger partial charge is 0.362 e. The van der Waals surface area contributed by atoms with E-state index < -0.39 is 0 Å². The zero-order chi connectivity index (χ0) is 14.8. The molecule has 0 aromatic heterocycles. The summed E-state index contributed by atoms with van der Waals surface area (Å²) in [5.41, 5.74) is 0.775. The molecule has 0 heterocycles. The smallest absolute Gasteiger partial charge is 0.170 e. The van der Waals surface area contributed by atoms with Gasteiger partial charge in [0.2, 0.25) is 0 Å². The Morgan fingerprint density at radius 1 is 1.10 bits per heavy atom. The van der Waals surface area contributed by atoms with Crippen LogP contribution in [0.3, 0.4) is 0 Å². The molecule has 1 aromatic rings. The molecule has 0 aliphatic carbocycles. The first-order valence-corrected chi connectivity index (χ1v) is 8.29. The molecule has 0 fully saturated rings. The summed E-state index contributed by atoms with van der Waals surface area (Å²) >= 11 is 17.2.